The van der Waals surface area contributed by atoms with E-state index in [1.807, 2.05) is 6.92 Å². The second-order valence-corrected chi connectivity index (χ2v) is 6.71. The summed E-state index contributed by atoms with van der Waals surface area (Å²) < 4.78 is 5.38. The van der Waals surface area contributed by atoms with Gasteiger partial charge in [-0.15, -0.1) is 0 Å². The molecule has 0 aromatic heterocycles. The van der Waals surface area contributed by atoms with Crippen molar-refractivity contribution in [3.05, 3.63) is 29.8 Å². The lowest BCUT2D eigenvalue weighted by Crippen LogP contribution is -2.16. The summed E-state index contributed by atoms with van der Waals surface area (Å²) in [5, 5.41) is 0.366. The molecule has 0 N–H and O–H groups in total. The smallest absolute Gasteiger partial charge is 0.119 e. The van der Waals surface area contributed by atoms with Gasteiger partial charge in [-0.05, 0) is 29.7 Å². The largest absolute Gasteiger partial charge is 0.494 e. The molecule has 0 unspecified atom stereocenters. The van der Waals surface area contributed by atoms with E-state index in [4.69, 9.17) is 4.74 Å². The first-order chi connectivity index (χ1) is 6.04. The maximum atomic E-state index is 5.38. The molecule has 0 aliphatic rings. The molecule has 1 aromatic carbocycles. The minimum absolute atomic E-state index is 0.366. The molecule has 1 rings (SSSR count). The molecule has 72 valence electrons. The highest BCUT2D eigenvalue weighted by molar-refractivity contribution is 6.15. The van der Waals surface area contributed by atoms with E-state index in [0.717, 1.165) is 12.4 Å². The van der Waals surface area contributed by atoms with Gasteiger partial charge >= 0.3 is 0 Å². The van der Waals surface area contributed by atoms with Crippen LogP contribution in [0.5, 0.6) is 5.75 Å². The Balaban J connectivity index is 2.81. The highest BCUT2D eigenvalue weighted by atomic mass is 28.1. The van der Waals surface area contributed by atoms with Gasteiger partial charge in [0.15, 0.2) is 0 Å². The number of hydrogen-bond donors (Lipinski definition) is 0. The molecule has 0 aliphatic heterocycles. The SMILES string of the molecule is CCOc1ccc(C(C)(C)[SiH3])cc1. The normalized spacial score (nSPS) is 11.6. The third kappa shape index (κ3) is 2.88. The third-order valence-electron chi connectivity index (χ3n) is 2.03. The zero-order valence-electron chi connectivity index (χ0n) is 8.92. The first-order valence-electron chi connectivity index (χ1n) is 4.77. The van der Waals surface area contributed by atoms with Crippen molar-refractivity contribution < 1.29 is 4.74 Å². The van der Waals surface area contributed by atoms with Crippen LogP contribution in [0.2, 0.25) is 0 Å². The fraction of sp³-hybridized carbons (Fsp3) is 0.455. The van der Waals surface area contributed by atoms with Gasteiger partial charge in [0, 0.05) is 10.2 Å². The summed E-state index contributed by atoms with van der Waals surface area (Å²) in [6, 6.07) is 8.44. The standard InChI is InChI=1S/C11H18OSi/c1-4-12-10-7-5-9(6-8-10)11(2,3)13/h5-8H,4H2,1-3,13H3. The zero-order chi connectivity index (χ0) is 9.90. The Kier molecular flexibility index (Phi) is 3.15. The van der Waals surface area contributed by atoms with Gasteiger partial charge < -0.3 is 4.74 Å². The maximum absolute atomic E-state index is 5.38. The quantitative estimate of drug-likeness (QED) is 0.665. The van der Waals surface area contributed by atoms with Crippen molar-refractivity contribution in [2.24, 2.45) is 0 Å². The van der Waals surface area contributed by atoms with E-state index >= 15 is 0 Å². The average Bonchev–Trinajstić information content (AvgIpc) is 2.04. The number of rotatable bonds is 3. The van der Waals surface area contributed by atoms with E-state index in [1.165, 1.54) is 15.8 Å². The van der Waals surface area contributed by atoms with Crippen LogP contribution >= 0.6 is 0 Å². The Morgan fingerprint density at radius 1 is 1.23 bits per heavy atom. The Hall–Kier alpha value is -0.763. The van der Waals surface area contributed by atoms with Gasteiger partial charge in [0.1, 0.15) is 5.75 Å². The topological polar surface area (TPSA) is 9.23 Å². The van der Waals surface area contributed by atoms with Gasteiger partial charge in [-0.1, -0.05) is 26.0 Å². The molecule has 0 amide bonds. The van der Waals surface area contributed by atoms with Gasteiger partial charge in [0.2, 0.25) is 0 Å². The van der Waals surface area contributed by atoms with Crippen LogP contribution in [0.3, 0.4) is 0 Å². The van der Waals surface area contributed by atoms with Crippen molar-refractivity contribution in [2.75, 3.05) is 6.61 Å². The van der Waals surface area contributed by atoms with Crippen molar-refractivity contribution in [3.63, 3.8) is 0 Å². The van der Waals surface area contributed by atoms with Crippen LogP contribution in [0.15, 0.2) is 24.3 Å². The fourth-order valence-electron chi connectivity index (χ4n) is 1.22. The minimum Gasteiger partial charge on any atom is -0.494 e. The van der Waals surface area contributed by atoms with E-state index in [2.05, 4.69) is 38.1 Å². The highest BCUT2D eigenvalue weighted by Crippen LogP contribution is 2.21. The highest BCUT2D eigenvalue weighted by Gasteiger charge is 2.12. The third-order valence-corrected chi connectivity index (χ3v) is 2.61. The second kappa shape index (κ2) is 3.96. The van der Waals surface area contributed by atoms with Crippen molar-refractivity contribution in [2.45, 2.75) is 25.8 Å². The van der Waals surface area contributed by atoms with E-state index < -0.39 is 0 Å². The molecule has 0 saturated heterocycles. The number of ether oxygens (including phenoxy) is 1. The molecule has 0 aliphatic carbocycles. The van der Waals surface area contributed by atoms with Crippen molar-refractivity contribution in [1.82, 2.24) is 0 Å². The van der Waals surface area contributed by atoms with Gasteiger partial charge in [-0.3, -0.25) is 0 Å². The first kappa shape index (κ1) is 10.3. The molecule has 0 radical (unpaired) electrons. The molecule has 0 heterocycles. The van der Waals surface area contributed by atoms with Crippen molar-refractivity contribution in [3.8, 4) is 5.75 Å². The van der Waals surface area contributed by atoms with Crippen LogP contribution in [0.4, 0.5) is 0 Å². The van der Waals surface area contributed by atoms with Gasteiger partial charge in [-0.2, -0.15) is 0 Å². The summed E-state index contributed by atoms with van der Waals surface area (Å²) in [6.45, 7) is 7.29. The summed E-state index contributed by atoms with van der Waals surface area (Å²) in [5.74, 6) is 0.970. The monoisotopic (exact) mass is 194 g/mol. The molecule has 13 heavy (non-hydrogen) atoms. The molecule has 0 saturated carbocycles. The molecule has 1 nitrogen and oxygen atoms in total. The number of hydrogen-bond acceptors (Lipinski definition) is 1. The zero-order valence-corrected chi connectivity index (χ0v) is 10.9. The van der Waals surface area contributed by atoms with Crippen LogP contribution in [0.25, 0.3) is 0 Å². The van der Waals surface area contributed by atoms with E-state index in [-0.39, 0.29) is 0 Å². The summed E-state index contributed by atoms with van der Waals surface area (Å²) in [6.07, 6.45) is 0. The Morgan fingerprint density at radius 3 is 2.15 bits per heavy atom. The summed E-state index contributed by atoms with van der Waals surface area (Å²) in [4.78, 5) is 0. The second-order valence-electron chi connectivity index (χ2n) is 4.21. The number of benzene rings is 1. The van der Waals surface area contributed by atoms with Crippen LogP contribution in [-0.4, -0.2) is 16.8 Å². The van der Waals surface area contributed by atoms with Gasteiger partial charge in [0.25, 0.3) is 0 Å². The lowest BCUT2D eigenvalue weighted by molar-refractivity contribution is 0.340. The van der Waals surface area contributed by atoms with Crippen LogP contribution in [-0.2, 0) is 5.04 Å². The van der Waals surface area contributed by atoms with E-state index in [0.29, 0.717) is 5.04 Å². The van der Waals surface area contributed by atoms with Crippen molar-refractivity contribution >= 4 is 10.2 Å². The molecule has 0 spiro atoms. The van der Waals surface area contributed by atoms with Crippen LogP contribution in [0.1, 0.15) is 26.3 Å². The summed E-state index contributed by atoms with van der Waals surface area (Å²) in [5.41, 5.74) is 1.41. The Labute approximate surface area is 83.5 Å². The molecular weight excluding hydrogens is 176 g/mol. The van der Waals surface area contributed by atoms with Crippen LogP contribution < -0.4 is 4.74 Å². The lowest BCUT2D eigenvalue weighted by Gasteiger charge is -2.19. The maximum Gasteiger partial charge on any atom is 0.119 e. The summed E-state index contributed by atoms with van der Waals surface area (Å²) >= 11 is 0. The molecular formula is C11H18OSi. The van der Waals surface area contributed by atoms with E-state index in [1.54, 1.807) is 0 Å². The molecule has 0 atom stereocenters. The van der Waals surface area contributed by atoms with Gasteiger partial charge in [0.05, 0.1) is 6.61 Å². The van der Waals surface area contributed by atoms with Crippen molar-refractivity contribution in [1.29, 1.82) is 0 Å². The van der Waals surface area contributed by atoms with E-state index in [9.17, 15) is 0 Å². The predicted molar refractivity (Wildman–Crippen MR) is 60.6 cm³/mol. The van der Waals surface area contributed by atoms with Crippen LogP contribution in [0, 0.1) is 0 Å². The van der Waals surface area contributed by atoms with Gasteiger partial charge in [-0.25, -0.2) is 0 Å². The molecule has 0 fully saturated rings. The molecule has 2 heteroatoms. The predicted octanol–water partition coefficient (Wildman–Crippen LogP) is 1.69. The summed E-state index contributed by atoms with van der Waals surface area (Å²) in [7, 11) is 1.18. The molecule has 1 aromatic rings. The lowest BCUT2D eigenvalue weighted by atomic mass is 10.0. The minimum atomic E-state index is 0.366. The fourth-order valence-corrected chi connectivity index (χ4v) is 1.55. The Bertz CT molecular complexity index is 258. The molecule has 0 bridgehead atoms. The average molecular weight is 194 g/mol. The Morgan fingerprint density at radius 2 is 1.77 bits per heavy atom. The first-order valence-corrected chi connectivity index (χ1v) is 5.77.